The van der Waals surface area contributed by atoms with Crippen molar-refractivity contribution in [2.45, 2.75) is 44.9 Å². The Bertz CT molecular complexity index is 298. The van der Waals surface area contributed by atoms with E-state index in [9.17, 15) is 14.7 Å². The Morgan fingerprint density at radius 1 is 1.38 bits per heavy atom. The van der Waals surface area contributed by atoms with Crippen LogP contribution >= 0.6 is 0 Å². The zero-order valence-electron chi connectivity index (χ0n) is 9.73. The summed E-state index contributed by atoms with van der Waals surface area (Å²) >= 11 is 0. The van der Waals surface area contributed by atoms with Crippen molar-refractivity contribution in [3.8, 4) is 0 Å². The SMILES string of the molecule is CC(C)(C)NC(=O)N1C[C@H](O)C[C@@H]1C(=O)O. The second-order valence-electron chi connectivity index (χ2n) is 5.08. The summed E-state index contributed by atoms with van der Waals surface area (Å²) < 4.78 is 0. The molecular weight excluding hydrogens is 212 g/mol. The van der Waals surface area contributed by atoms with Crippen LogP contribution in [-0.4, -0.2) is 51.3 Å². The van der Waals surface area contributed by atoms with Gasteiger partial charge in [-0.15, -0.1) is 0 Å². The topological polar surface area (TPSA) is 89.9 Å². The number of amides is 2. The molecule has 0 aliphatic carbocycles. The Labute approximate surface area is 94.2 Å². The Kier molecular flexibility index (Phi) is 3.42. The van der Waals surface area contributed by atoms with Gasteiger partial charge in [0.25, 0.3) is 0 Å². The highest BCUT2D eigenvalue weighted by atomic mass is 16.4. The highest BCUT2D eigenvalue weighted by Crippen LogP contribution is 2.18. The minimum absolute atomic E-state index is 0.0683. The van der Waals surface area contributed by atoms with Crippen LogP contribution in [0.25, 0.3) is 0 Å². The quantitative estimate of drug-likeness (QED) is 0.592. The molecule has 0 saturated carbocycles. The molecule has 0 spiro atoms. The number of carboxylic acids is 1. The van der Waals surface area contributed by atoms with Gasteiger partial charge in [-0.25, -0.2) is 9.59 Å². The molecule has 1 heterocycles. The highest BCUT2D eigenvalue weighted by Gasteiger charge is 2.39. The third-order valence-corrected chi connectivity index (χ3v) is 2.31. The van der Waals surface area contributed by atoms with Crippen molar-refractivity contribution in [3.63, 3.8) is 0 Å². The summed E-state index contributed by atoms with van der Waals surface area (Å²) in [5, 5.41) is 21.0. The van der Waals surface area contributed by atoms with E-state index in [1.807, 2.05) is 20.8 Å². The fourth-order valence-corrected chi connectivity index (χ4v) is 1.66. The molecule has 0 aromatic carbocycles. The van der Waals surface area contributed by atoms with E-state index in [1.165, 1.54) is 0 Å². The molecule has 1 saturated heterocycles. The lowest BCUT2D eigenvalue weighted by Crippen LogP contribution is -2.51. The van der Waals surface area contributed by atoms with E-state index in [2.05, 4.69) is 5.32 Å². The number of aliphatic hydroxyl groups is 1. The van der Waals surface area contributed by atoms with E-state index >= 15 is 0 Å². The van der Waals surface area contributed by atoms with E-state index in [4.69, 9.17) is 5.11 Å². The van der Waals surface area contributed by atoms with Gasteiger partial charge in [-0.3, -0.25) is 0 Å². The highest BCUT2D eigenvalue weighted by molar-refractivity contribution is 5.83. The standard InChI is InChI=1S/C10H18N2O4/c1-10(2,3)11-9(16)12-5-6(13)4-7(12)8(14)15/h6-7,13H,4-5H2,1-3H3,(H,11,16)(H,14,15)/t6-,7-/m1/s1. The monoisotopic (exact) mass is 230 g/mol. The van der Waals surface area contributed by atoms with Gasteiger partial charge >= 0.3 is 12.0 Å². The third-order valence-electron chi connectivity index (χ3n) is 2.31. The van der Waals surface area contributed by atoms with Crippen LogP contribution < -0.4 is 5.32 Å². The van der Waals surface area contributed by atoms with Gasteiger partial charge in [-0.05, 0) is 20.8 Å². The molecule has 0 radical (unpaired) electrons. The van der Waals surface area contributed by atoms with Gasteiger partial charge in [0.05, 0.1) is 6.10 Å². The van der Waals surface area contributed by atoms with Crippen molar-refractivity contribution in [1.29, 1.82) is 0 Å². The molecule has 2 amide bonds. The third kappa shape index (κ3) is 3.10. The number of urea groups is 1. The summed E-state index contributed by atoms with van der Waals surface area (Å²) in [6, 6.07) is -1.38. The molecule has 16 heavy (non-hydrogen) atoms. The van der Waals surface area contributed by atoms with Crippen molar-refractivity contribution in [3.05, 3.63) is 0 Å². The number of carbonyl (C=O) groups is 2. The van der Waals surface area contributed by atoms with Crippen LogP contribution in [0.3, 0.4) is 0 Å². The number of nitrogens with one attached hydrogen (secondary N) is 1. The summed E-state index contributed by atoms with van der Waals surface area (Å²) in [5.74, 6) is -1.08. The zero-order chi connectivity index (χ0) is 12.5. The number of β-amino-alcohol motifs (C(OH)–C–C–N with tert-alkyl or cyclic N) is 1. The van der Waals surface area contributed by atoms with E-state index in [0.29, 0.717) is 0 Å². The lowest BCUT2D eigenvalue weighted by Gasteiger charge is -2.27. The summed E-state index contributed by atoms with van der Waals surface area (Å²) in [4.78, 5) is 23.8. The van der Waals surface area contributed by atoms with E-state index < -0.39 is 29.7 Å². The lowest BCUT2D eigenvalue weighted by molar-refractivity contribution is -0.141. The first kappa shape index (κ1) is 12.8. The molecule has 0 aromatic rings. The maximum absolute atomic E-state index is 11.8. The number of likely N-dealkylation sites (tertiary alicyclic amines) is 1. The van der Waals surface area contributed by atoms with E-state index in [0.717, 1.165) is 4.90 Å². The maximum Gasteiger partial charge on any atom is 0.326 e. The van der Waals surface area contributed by atoms with Gasteiger partial charge in [0, 0.05) is 18.5 Å². The van der Waals surface area contributed by atoms with Crippen LogP contribution in [0.1, 0.15) is 27.2 Å². The Morgan fingerprint density at radius 3 is 2.38 bits per heavy atom. The Balaban J connectivity index is 2.71. The van der Waals surface area contributed by atoms with Gasteiger partial charge in [-0.1, -0.05) is 0 Å². The fourth-order valence-electron chi connectivity index (χ4n) is 1.66. The van der Waals surface area contributed by atoms with Crippen molar-refractivity contribution < 1.29 is 19.8 Å². The minimum Gasteiger partial charge on any atom is -0.480 e. The van der Waals surface area contributed by atoms with Crippen molar-refractivity contribution in [2.75, 3.05) is 6.54 Å². The molecule has 1 fully saturated rings. The van der Waals surface area contributed by atoms with Crippen LogP contribution in [-0.2, 0) is 4.79 Å². The molecular formula is C10H18N2O4. The second-order valence-corrected chi connectivity index (χ2v) is 5.08. The average Bonchev–Trinajstić information content (AvgIpc) is 2.44. The number of nitrogens with zero attached hydrogens (tertiary/aromatic N) is 1. The first-order valence-electron chi connectivity index (χ1n) is 5.20. The first-order valence-corrected chi connectivity index (χ1v) is 5.20. The Hall–Kier alpha value is -1.30. The van der Waals surface area contributed by atoms with Crippen molar-refractivity contribution >= 4 is 12.0 Å². The first-order chi connectivity index (χ1) is 7.20. The maximum atomic E-state index is 11.8. The van der Waals surface area contributed by atoms with Crippen LogP contribution in [0.15, 0.2) is 0 Å². The van der Waals surface area contributed by atoms with Gasteiger partial charge in [-0.2, -0.15) is 0 Å². The molecule has 0 unspecified atom stereocenters. The van der Waals surface area contributed by atoms with Crippen LogP contribution in [0.4, 0.5) is 4.79 Å². The number of rotatable bonds is 1. The molecule has 6 heteroatoms. The van der Waals surface area contributed by atoms with E-state index in [-0.39, 0.29) is 13.0 Å². The number of carboxylic acid groups (broad SMARTS) is 1. The Morgan fingerprint density at radius 2 is 1.94 bits per heavy atom. The normalized spacial score (nSPS) is 25.6. The summed E-state index contributed by atoms with van der Waals surface area (Å²) in [5.41, 5.74) is -0.423. The largest absolute Gasteiger partial charge is 0.480 e. The number of aliphatic carboxylic acids is 1. The fraction of sp³-hybridized carbons (Fsp3) is 0.800. The number of hydrogen-bond acceptors (Lipinski definition) is 3. The molecule has 2 atom stereocenters. The molecule has 1 aliphatic heterocycles. The molecule has 1 rings (SSSR count). The summed E-state index contributed by atoms with van der Waals surface area (Å²) in [7, 11) is 0. The molecule has 3 N–H and O–H groups in total. The number of hydrogen-bond donors (Lipinski definition) is 3. The van der Waals surface area contributed by atoms with Gasteiger partial charge in [0.2, 0.25) is 0 Å². The van der Waals surface area contributed by atoms with Gasteiger partial charge in [0.1, 0.15) is 6.04 Å². The zero-order valence-corrected chi connectivity index (χ0v) is 9.73. The predicted molar refractivity (Wildman–Crippen MR) is 57.0 cm³/mol. The molecule has 6 nitrogen and oxygen atoms in total. The van der Waals surface area contributed by atoms with Crippen LogP contribution in [0.5, 0.6) is 0 Å². The molecule has 92 valence electrons. The average molecular weight is 230 g/mol. The van der Waals surface area contributed by atoms with Crippen LogP contribution in [0.2, 0.25) is 0 Å². The molecule has 1 aliphatic rings. The summed E-state index contributed by atoms with van der Waals surface area (Å²) in [6.07, 6.45) is -0.667. The number of carbonyl (C=O) groups excluding carboxylic acids is 1. The van der Waals surface area contributed by atoms with E-state index in [1.54, 1.807) is 0 Å². The van der Waals surface area contributed by atoms with Gasteiger partial charge < -0.3 is 20.4 Å². The minimum atomic E-state index is -1.08. The molecule has 0 aromatic heterocycles. The predicted octanol–water partition coefficient (Wildman–Crippen LogP) is 0.0143. The smallest absolute Gasteiger partial charge is 0.326 e. The van der Waals surface area contributed by atoms with Crippen molar-refractivity contribution in [1.82, 2.24) is 10.2 Å². The van der Waals surface area contributed by atoms with Crippen LogP contribution in [0, 0.1) is 0 Å². The summed E-state index contributed by atoms with van der Waals surface area (Å²) in [6.45, 7) is 5.51. The molecule has 0 bridgehead atoms. The second kappa shape index (κ2) is 4.29. The number of aliphatic hydroxyl groups excluding tert-OH is 1. The van der Waals surface area contributed by atoms with Gasteiger partial charge in [0.15, 0.2) is 0 Å². The lowest BCUT2D eigenvalue weighted by atomic mass is 10.1. The van der Waals surface area contributed by atoms with Crippen molar-refractivity contribution in [2.24, 2.45) is 0 Å².